The summed E-state index contributed by atoms with van der Waals surface area (Å²) in [4.78, 5) is 19.6. The van der Waals surface area contributed by atoms with E-state index in [0.717, 1.165) is 22.2 Å². The maximum atomic E-state index is 11.8. The molecule has 0 fully saturated rings. The van der Waals surface area contributed by atoms with E-state index < -0.39 is 5.30 Å². The monoisotopic (exact) mass is 480 g/mol. The fourth-order valence-corrected chi connectivity index (χ4v) is 4.10. The van der Waals surface area contributed by atoms with Crippen LogP contribution in [0.1, 0.15) is 12.6 Å². The van der Waals surface area contributed by atoms with E-state index in [2.05, 4.69) is 10.1 Å². The number of pyridine rings is 1. The molecule has 0 atom stereocenters. The number of aromatic nitrogens is 3. The molecule has 1 amide bonds. The average molecular weight is 480 g/mol. The van der Waals surface area contributed by atoms with E-state index in [1.165, 1.54) is 11.1 Å². The summed E-state index contributed by atoms with van der Waals surface area (Å²) in [6.07, 6.45) is 7.20. The molecule has 0 aliphatic heterocycles. The molecule has 2 heterocycles. The lowest BCUT2D eigenvalue weighted by molar-refractivity contribution is -0.107. The molecule has 0 saturated carbocycles. The smallest absolute Gasteiger partial charge is 0.213 e. The van der Waals surface area contributed by atoms with Gasteiger partial charge in [-0.15, -0.1) is 0 Å². The van der Waals surface area contributed by atoms with Crippen molar-refractivity contribution in [1.82, 2.24) is 14.8 Å². The number of anilines is 2. The Morgan fingerprint density at radius 1 is 1.22 bits per heavy atom. The third-order valence-corrected chi connectivity index (χ3v) is 5.62. The van der Waals surface area contributed by atoms with Crippen LogP contribution in [0.2, 0.25) is 0 Å². The van der Waals surface area contributed by atoms with Crippen LogP contribution in [-0.4, -0.2) is 71.2 Å². The molecule has 0 unspecified atom stereocenters. The number of hydrogen-bond donors (Lipinski definition) is 1. The molecule has 2 aromatic heterocycles. The molecule has 6 radical (unpaired) electrons. The first-order valence-electron chi connectivity index (χ1n) is 11.0. The number of rotatable bonds is 9. The summed E-state index contributed by atoms with van der Waals surface area (Å²) in [6.45, 7) is 3.58. The summed E-state index contributed by atoms with van der Waals surface area (Å²) in [5, 5.41) is 3.30. The maximum Gasteiger partial charge on any atom is 0.213 e. The van der Waals surface area contributed by atoms with Crippen molar-refractivity contribution in [1.29, 1.82) is 0 Å². The zero-order valence-corrected chi connectivity index (χ0v) is 21.3. The van der Waals surface area contributed by atoms with Crippen LogP contribution in [-0.2, 0) is 16.6 Å². The Kier molecular flexibility index (Phi) is 7.76. The minimum Gasteiger partial charge on any atom is -0.518 e. The van der Waals surface area contributed by atoms with Crippen LogP contribution in [0.5, 0.6) is 5.75 Å². The second kappa shape index (κ2) is 10.4. The zero-order valence-electron chi connectivity index (χ0n) is 21.3. The second-order valence-electron chi connectivity index (χ2n) is 8.40. The molecule has 3 rings (SSSR count). The molecule has 36 heavy (non-hydrogen) atoms. The molecular weight excluding hydrogens is 453 g/mol. The molecule has 0 aliphatic carbocycles. The second-order valence-corrected chi connectivity index (χ2v) is 8.40. The number of methoxy groups -OCH3 is 1. The molecular formula is C24H27B3N6O3. The Morgan fingerprint density at radius 3 is 2.44 bits per heavy atom. The van der Waals surface area contributed by atoms with Gasteiger partial charge in [0.2, 0.25) is 6.41 Å². The highest BCUT2D eigenvalue weighted by Crippen LogP contribution is 2.42. The quantitative estimate of drug-likeness (QED) is 0.216. The van der Waals surface area contributed by atoms with Crippen molar-refractivity contribution in [3.63, 3.8) is 0 Å². The highest BCUT2D eigenvalue weighted by Gasteiger charge is 2.23. The summed E-state index contributed by atoms with van der Waals surface area (Å²) >= 11 is 0. The van der Waals surface area contributed by atoms with Gasteiger partial charge in [0.05, 0.1) is 41.6 Å². The van der Waals surface area contributed by atoms with Crippen molar-refractivity contribution in [3.05, 3.63) is 54.0 Å². The fourth-order valence-electron chi connectivity index (χ4n) is 4.10. The summed E-state index contributed by atoms with van der Waals surface area (Å²) < 4.78 is 12.9. The number of ether oxygens (including phenoxy) is 2. The van der Waals surface area contributed by atoms with Gasteiger partial charge in [0, 0.05) is 49.9 Å². The molecule has 2 N–H and O–H groups in total. The van der Waals surface area contributed by atoms with Gasteiger partial charge in [0.1, 0.15) is 35.0 Å². The number of likely N-dealkylation sites (N-methyl/N-ethyl adjacent to an activating group) is 1. The molecule has 1 aromatic carbocycles. The SMILES string of the molecule is [B]C([B])([B])O/C(C)=C(/C=C\N)N(C)c1c(N(C)C=O)cnc2cc(OC)c(-c3cn(C)nc3C)cc12. The maximum absolute atomic E-state index is 11.8. The molecule has 180 valence electrons. The first-order chi connectivity index (χ1) is 16.9. The lowest BCUT2D eigenvalue weighted by atomic mass is 9.52. The van der Waals surface area contributed by atoms with Gasteiger partial charge in [-0.25, -0.2) is 0 Å². The third kappa shape index (κ3) is 5.37. The van der Waals surface area contributed by atoms with Gasteiger partial charge in [0.15, 0.2) is 0 Å². The number of allylic oxidation sites excluding steroid dienone is 2. The molecule has 0 spiro atoms. The van der Waals surface area contributed by atoms with E-state index >= 15 is 0 Å². The van der Waals surface area contributed by atoms with Crippen molar-refractivity contribution in [2.75, 3.05) is 31.0 Å². The summed E-state index contributed by atoms with van der Waals surface area (Å²) in [5.41, 5.74) is 10.6. The van der Waals surface area contributed by atoms with Gasteiger partial charge >= 0.3 is 0 Å². The van der Waals surface area contributed by atoms with Gasteiger partial charge in [-0.2, -0.15) is 5.10 Å². The van der Waals surface area contributed by atoms with Gasteiger partial charge in [-0.05, 0) is 37.5 Å². The van der Waals surface area contributed by atoms with Gasteiger partial charge in [-0.1, -0.05) is 0 Å². The number of fused-ring (bicyclic) bond motifs is 1. The first-order valence-corrected chi connectivity index (χ1v) is 11.0. The number of nitrogens with zero attached hydrogens (tertiary/aromatic N) is 5. The third-order valence-electron chi connectivity index (χ3n) is 5.62. The van der Waals surface area contributed by atoms with Crippen LogP contribution in [0, 0.1) is 6.92 Å². The van der Waals surface area contributed by atoms with Gasteiger partial charge in [-0.3, -0.25) is 14.5 Å². The highest BCUT2D eigenvalue weighted by atomic mass is 16.5. The van der Waals surface area contributed by atoms with Gasteiger partial charge in [0.25, 0.3) is 0 Å². The van der Waals surface area contributed by atoms with Crippen LogP contribution in [0.3, 0.4) is 0 Å². The van der Waals surface area contributed by atoms with Crippen LogP contribution in [0.15, 0.2) is 48.3 Å². The number of carbonyl (C=O) groups is 1. The Balaban J connectivity index is 2.41. The predicted molar refractivity (Wildman–Crippen MR) is 145 cm³/mol. The van der Waals surface area contributed by atoms with Crippen molar-refractivity contribution >= 4 is 52.2 Å². The van der Waals surface area contributed by atoms with E-state index in [0.29, 0.717) is 40.5 Å². The largest absolute Gasteiger partial charge is 0.518 e. The van der Waals surface area contributed by atoms with Crippen molar-refractivity contribution in [2.24, 2.45) is 12.8 Å². The van der Waals surface area contributed by atoms with E-state index in [4.69, 9.17) is 38.7 Å². The number of nitrogens with two attached hydrogens (primary N) is 1. The number of hydrogen-bond acceptors (Lipinski definition) is 7. The molecule has 0 bridgehead atoms. The van der Waals surface area contributed by atoms with E-state index in [-0.39, 0.29) is 0 Å². The molecule has 3 aromatic rings. The van der Waals surface area contributed by atoms with Crippen LogP contribution < -0.4 is 20.3 Å². The Bertz CT molecular complexity index is 1350. The number of benzene rings is 1. The van der Waals surface area contributed by atoms with Crippen molar-refractivity contribution in [3.8, 4) is 16.9 Å². The van der Waals surface area contributed by atoms with Crippen molar-refractivity contribution < 1.29 is 14.3 Å². The average Bonchev–Trinajstić information content (AvgIpc) is 3.16. The first kappa shape index (κ1) is 26.8. The Hall–Kier alpha value is -3.82. The van der Waals surface area contributed by atoms with Crippen LogP contribution in [0.4, 0.5) is 11.4 Å². The molecule has 0 aliphatic rings. The number of carbonyl (C=O) groups excluding carboxylic acids is 1. The summed E-state index contributed by atoms with van der Waals surface area (Å²) in [6, 6.07) is 3.80. The molecule has 9 nitrogen and oxygen atoms in total. The summed E-state index contributed by atoms with van der Waals surface area (Å²) in [7, 11) is 23.9. The fraction of sp³-hybridized carbons (Fsp3) is 0.292. The number of aryl methyl sites for hydroxylation is 2. The Labute approximate surface area is 215 Å². The highest BCUT2D eigenvalue weighted by molar-refractivity contribution is 6.58. The standard InChI is InChI=1S/C24H27B3N6O3/c1-14-18(12-32(4)30-14)16-9-17-19(10-22(16)35-6)29-11-21(31(3)13-34)23(17)33(5)20(7-8-28)15(2)36-24(25,26)27/h7-13H,28H2,1-6H3/b8-7-,20-15-. The van der Waals surface area contributed by atoms with E-state index in [9.17, 15) is 4.79 Å². The normalized spacial score (nSPS) is 12.5. The minimum atomic E-state index is -1.90. The Morgan fingerprint density at radius 2 is 1.92 bits per heavy atom. The predicted octanol–water partition coefficient (Wildman–Crippen LogP) is 1.82. The van der Waals surface area contributed by atoms with Gasteiger partial charge < -0.3 is 25.0 Å². The molecule has 0 saturated heterocycles. The van der Waals surface area contributed by atoms with Crippen molar-refractivity contribution in [2.45, 2.75) is 19.1 Å². The lowest BCUT2D eigenvalue weighted by Gasteiger charge is -2.31. The minimum absolute atomic E-state index is 0.313. The zero-order chi connectivity index (χ0) is 26.8. The summed E-state index contributed by atoms with van der Waals surface area (Å²) in [5.74, 6) is 0.945. The van der Waals surface area contributed by atoms with Crippen LogP contribution >= 0.6 is 0 Å². The lowest BCUT2D eigenvalue weighted by Crippen LogP contribution is -2.34. The van der Waals surface area contributed by atoms with Crippen LogP contribution in [0.25, 0.3) is 22.0 Å². The molecule has 12 heteroatoms. The van der Waals surface area contributed by atoms with E-state index in [1.54, 1.807) is 50.0 Å². The number of amides is 1. The topological polar surface area (TPSA) is 98.7 Å². The van der Waals surface area contributed by atoms with E-state index in [1.807, 2.05) is 32.3 Å².